The molecule has 3 nitrogen and oxygen atoms in total. The SMILES string of the molecule is [C](=N\C1CCCCC1)/N1CCOCC1. The molecule has 1 saturated heterocycles. The van der Waals surface area contributed by atoms with E-state index in [1.54, 1.807) is 0 Å². The van der Waals surface area contributed by atoms with Gasteiger partial charge in [-0.25, -0.2) is 0 Å². The Hall–Kier alpha value is -0.570. The lowest BCUT2D eigenvalue weighted by molar-refractivity contribution is 0.0698. The Morgan fingerprint density at radius 1 is 1.07 bits per heavy atom. The second kappa shape index (κ2) is 5.35. The van der Waals surface area contributed by atoms with Gasteiger partial charge in [-0.1, -0.05) is 19.3 Å². The third-order valence-corrected chi connectivity index (χ3v) is 2.97. The van der Waals surface area contributed by atoms with Gasteiger partial charge in [0.2, 0.25) is 0 Å². The summed E-state index contributed by atoms with van der Waals surface area (Å²) < 4.78 is 5.27. The number of aliphatic imine (C=N–C) groups is 1. The van der Waals surface area contributed by atoms with Crippen LogP contribution in [0.5, 0.6) is 0 Å². The fourth-order valence-electron chi connectivity index (χ4n) is 2.04. The summed E-state index contributed by atoms with van der Waals surface area (Å²) in [5, 5.41) is 0. The van der Waals surface area contributed by atoms with Gasteiger partial charge in [0.25, 0.3) is 0 Å². The summed E-state index contributed by atoms with van der Waals surface area (Å²) >= 11 is 0. The van der Waals surface area contributed by atoms with Gasteiger partial charge in [0.15, 0.2) is 6.34 Å². The van der Waals surface area contributed by atoms with E-state index in [0.29, 0.717) is 6.04 Å². The molecule has 0 bridgehead atoms. The van der Waals surface area contributed by atoms with Crippen molar-refractivity contribution < 1.29 is 4.74 Å². The molecule has 0 spiro atoms. The molecule has 1 aliphatic heterocycles. The van der Waals surface area contributed by atoms with Gasteiger partial charge in [0.05, 0.1) is 19.3 Å². The maximum atomic E-state index is 5.27. The van der Waals surface area contributed by atoms with Crippen LogP contribution in [0.2, 0.25) is 0 Å². The smallest absolute Gasteiger partial charge is 0.167 e. The van der Waals surface area contributed by atoms with E-state index in [1.807, 2.05) is 0 Å². The fourth-order valence-corrected chi connectivity index (χ4v) is 2.04. The minimum Gasteiger partial charge on any atom is -0.378 e. The molecule has 0 unspecified atom stereocenters. The van der Waals surface area contributed by atoms with Gasteiger partial charge in [-0.05, 0) is 12.8 Å². The van der Waals surface area contributed by atoms with Crippen LogP contribution in [0.4, 0.5) is 0 Å². The lowest BCUT2D eigenvalue weighted by Gasteiger charge is -2.24. The van der Waals surface area contributed by atoms with Crippen molar-refractivity contribution in [2.24, 2.45) is 4.99 Å². The van der Waals surface area contributed by atoms with Crippen LogP contribution in [0, 0.1) is 0 Å². The Morgan fingerprint density at radius 2 is 1.79 bits per heavy atom. The van der Waals surface area contributed by atoms with Crippen molar-refractivity contribution in [3.63, 3.8) is 0 Å². The largest absolute Gasteiger partial charge is 0.378 e. The van der Waals surface area contributed by atoms with E-state index in [2.05, 4.69) is 16.2 Å². The fraction of sp³-hybridized carbons (Fsp3) is 0.909. The average molecular weight is 195 g/mol. The third-order valence-electron chi connectivity index (χ3n) is 2.97. The lowest BCUT2D eigenvalue weighted by atomic mass is 9.96. The molecule has 2 rings (SSSR count). The number of hydrogen-bond acceptors (Lipinski definition) is 2. The molecule has 3 heteroatoms. The lowest BCUT2D eigenvalue weighted by Crippen LogP contribution is -2.35. The maximum absolute atomic E-state index is 5.27. The summed E-state index contributed by atoms with van der Waals surface area (Å²) in [5.41, 5.74) is 0. The van der Waals surface area contributed by atoms with Crippen LogP contribution in [0.15, 0.2) is 4.99 Å². The average Bonchev–Trinajstić information content (AvgIpc) is 2.29. The zero-order valence-corrected chi connectivity index (χ0v) is 8.74. The first kappa shape index (κ1) is 9.97. The molecule has 0 aromatic rings. The summed E-state index contributed by atoms with van der Waals surface area (Å²) in [6.07, 6.45) is 9.78. The second-order valence-electron chi connectivity index (χ2n) is 4.12. The Bertz CT molecular complexity index is 162. The van der Waals surface area contributed by atoms with Crippen LogP contribution < -0.4 is 0 Å². The topological polar surface area (TPSA) is 24.8 Å². The van der Waals surface area contributed by atoms with Crippen molar-refractivity contribution in [1.82, 2.24) is 4.90 Å². The maximum Gasteiger partial charge on any atom is 0.167 e. The summed E-state index contributed by atoms with van der Waals surface area (Å²) in [6, 6.07) is 0.548. The summed E-state index contributed by atoms with van der Waals surface area (Å²) in [7, 11) is 0. The summed E-state index contributed by atoms with van der Waals surface area (Å²) in [5.74, 6) is 0. The molecule has 0 atom stereocenters. The molecular formula is C11H19N2O. The van der Waals surface area contributed by atoms with E-state index in [9.17, 15) is 0 Å². The highest BCUT2D eigenvalue weighted by molar-refractivity contribution is 5.55. The predicted octanol–water partition coefficient (Wildman–Crippen LogP) is 1.56. The molecule has 14 heavy (non-hydrogen) atoms. The van der Waals surface area contributed by atoms with Crippen LogP contribution in [-0.2, 0) is 4.74 Å². The first-order valence-electron chi connectivity index (χ1n) is 5.73. The molecule has 1 aliphatic carbocycles. The van der Waals surface area contributed by atoms with Crippen LogP contribution in [-0.4, -0.2) is 43.6 Å². The van der Waals surface area contributed by atoms with Crippen molar-refractivity contribution in [3.05, 3.63) is 0 Å². The standard InChI is InChI=1S/C11H19N2O/c1-2-4-11(5-3-1)12-10-13-6-8-14-9-7-13/h11H,1-9H2. The number of nitrogens with zero attached hydrogens (tertiary/aromatic N) is 2. The summed E-state index contributed by atoms with van der Waals surface area (Å²) in [4.78, 5) is 6.68. The van der Waals surface area contributed by atoms with Crippen molar-refractivity contribution in [2.75, 3.05) is 26.3 Å². The van der Waals surface area contributed by atoms with E-state index in [0.717, 1.165) is 26.3 Å². The quantitative estimate of drug-likeness (QED) is 0.493. The van der Waals surface area contributed by atoms with Crippen molar-refractivity contribution >= 4 is 6.34 Å². The second-order valence-corrected chi connectivity index (χ2v) is 4.12. The number of morpholine rings is 1. The molecule has 79 valence electrons. The monoisotopic (exact) mass is 195 g/mol. The van der Waals surface area contributed by atoms with E-state index < -0.39 is 0 Å². The molecule has 1 radical (unpaired) electrons. The Kier molecular flexibility index (Phi) is 3.80. The number of rotatable bonds is 2. The van der Waals surface area contributed by atoms with Gasteiger partial charge < -0.3 is 9.64 Å². The molecule has 1 saturated carbocycles. The molecule has 2 fully saturated rings. The Morgan fingerprint density at radius 3 is 2.50 bits per heavy atom. The number of ether oxygens (including phenoxy) is 1. The first-order chi connectivity index (χ1) is 6.95. The van der Waals surface area contributed by atoms with Crippen LogP contribution in [0.25, 0.3) is 0 Å². The van der Waals surface area contributed by atoms with E-state index in [-0.39, 0.29) is 0 Å². The predicted molar refractivity (Wildman–Crippen MR) is 56.7 cm³/mol. The zero-order chi connectivity index (χ0) is 9.64. The van der Waals surface area contributed by atoms with E-state index >= 15 is 0 Å². The van der Waals surface area contributed by atoms with Gasteiger partial charge in [0.1, 0.15) is 0 Å². The number of hydrogen-bond donors (Lipinski definition) is 0. The highest BCUT2D eigenvalue weighted by Crippen LogP contribution is 2.19. The van der Waals surface area contributed by atoms with Crippen molar-refractivity contribution in [1.29, 1.82) is 0 Å². The Balaban J connectivity index is 1.73. The highest BCUT2D eigenvalue weighted by Gasteiger charge is 2.12. The van der Waals surface area contributed by atoms with Gasteiger partial charge in [-0.15, -0.1) is 0 Å². The molecule has 0 amide bonds. The molecular weight excluding hydrogens is 176 g/mol. The first-order valence-corrected chi connectivity index (χ1v) is 5.73. The van der Waals surface area contributed by atoms with Crippen LogP contribution in [0.1, 0.15) is 32.1 Å². The zero-order valence-electron chi connectivity index (χ0n) is 8.74. The highest BCUT2D eigenvalue weighted by atomic mass is 16.5. The summed E-state index contributed by atoms with van der Waals surface area (Å²) in [6.45, 7) is 3.56. The van der Waals surface area contributed by atoms with E-state index in [1.165, 1.54) is 32.1 Å². The minimum absolute atomic E-state index is 0.548. The van der Waals surface area contributed by atoms with Gasteiger partial charge in [-0.2, -0.15) is 0 Å². The Labute approximate surface area is 86.1 Å². The van der Waals surface area contributed by atoms with Gasteiger partial charge in [-0.3, -0.25) is 4.99 Å². The normalized spacial score (nSPS) is 25.9. The molecule has 0 aromatic carbocycles. The van der Waals surface area contributed by atoms with Gasteiger partial charge >= 0.3 is 0 Å². The van der Waals surface area contributed by atoms with Gasteiger partial charge in [0, 0.05) is 13.1 Å². The van der Waals surface area contributed by atoms with Crippen molar-refractivity contribution in [2.45, 2.75) is 38.1 Å². The third kappa shape index (κ3) is 2.98. The van der Waals surface area contributed by atoms with Crippen LogP contribution in [0.3, 0.4) is 0 Å². The van der Waals surface area contributed by atoms with Crippen LogP contribution >= 0.6 is 0 Å². The molecule has 0 aromatic heterocycles. The minimum atomic E-state index is 0.548. The molecule has 0 N–H and O–H groups in total. The van der Waals surface area contributed by atoms with Crippen molar-refractivity contribution in [3.8, 4) is 0 Å². The van der Waals surface area contributed by atoms with E-state index in [4.69, 9.17) is 4.74 Å². The molecule has 1 heterocycles. The molecule has 2 aliphatic rings.